The number of aryl methyl sites for hydroxylation is 1. The van der Waals surface area contributed by atoms with Crippen molar-refractivity contribution in [3.05, 3.63) is 48.3 Å². The van der Waals surface area contributed by atoms with Crippen LogP contribution in [-0.2, 0) is 7.05 Å². The Balaban J connectivity index is 2.89. The minimum atomic E-state index is 0.168. The maximum absolute atomic E-state index is 9.86. The van der Waals surface area contributed by atoms with Gasteiger partial charge in [0.2, 0.25) is 11.2 Å². The van der Waals surface area contributed by atoms with Gasteiger partial charge in [0.1, 0.15) is 18.3 Å². The van der Waals surface area contributed by atoms with Gasteiger partial charge in [-0.05, 0) is 19.1 Å². The smallest absolute Gasteiger partial charge is 0.234 e. The number of fused-ring (bicyclic) bond motifs is 1. The normalized spacial score (nSPS) is 11.8. The summed E-state index contributed by atoms with van der Waals surface area (Å²) in [6, 6.07) is 7.81. The second kappa shape index (κ2) is 4.37. The van der Waals surface area contributed by atoms with E-state index in [0.29, 0.717) is 5.69 Å². The van der Waals surface area contributed by atoms with Crippen LogP contribution in [0.1, 0.15) is 18.3 Å². The Hall–Kier alpha value is -2.16. The van der Waals surface area contributed by atoms with E-state index < -0.39 is 0 Å². The quantitative estimate of drug-likeness (QED) is 0.632. The van der Waals surface area contributed by atoms with Crippen LogP contribution < -0.4 is 4.57 Å². The van der Waals surface area contributed by atoms with Crippen molar-refractivity contribution in [2.75, 3.05) is 0 Å². The first-order valence-corrected chi connectivity index (χ1v) is 5.46. The van der Waals surface area contributed by atoms with E-state index in [0.717, 1.165) is 16.7 Å². The highest BCUT2D eigenvalue weighted by Gasteiger charge is 2.18. The largest absolute Gasteiger partial charge is 0.506 e. The third-order valence-electron chi connectivity index (χ3n) is 2.79. The molecule has 0 fully saturated rings. The van der Waals surface area contributed by atoms with Crippen LogP contribution in [0, 0.1) is 0 Å². The second-order valence-electron chi connectivity index (χ2n) is 3.77. The summed E-state index contributed by atoms with van der Waals surface area (Å²) in [6.45, 7) is 5.55. The van der Waals surface area contributed by atoms with Crippen LogP contribution in [0.25, 0.3) is 22.9 Å². The lowest BCUT2D eigenvalue weighted by Crippen LogP contribution is -2.34. The van der Waals surface area contributed by atoms with E-state index in [-0.39, 0.29) is 5.76 Å². The molecule has 0 atom stereocenters. The number of hydrogen-bond acceptors (Lipinski definition) is 2. The Morgan fingerprint density at radius 1 is 1.41 bits per heavy atom. The van der Waals surface area contributed by atoms with Crippen molar-refractivity contribution < 1.29 is 9.67 Å². The Kier molecular flexibility index (Phi) is 2.91. The SMILES string of the molecule is C=Cc1c(/C(O)=C\C)nc2ccccc2[n+]1C. The molecule has 1 N–H and O–H groups in total. The molecule has 0 spiro atoms. The lowest BCUT2D eigenvalue weighted by molar-refractivity contribution is -0.647. The van der Waals surface area contributed by atoms with Gasteiger partial charge in [0.25, 0.3) is 0 Å². The zero-order valence-corrected chi connectivity index (χ0v) is 10.0. The van der Waals surface area contributed by atoms with Crippen molar-refractivity contribution in [3.8, 4) is 0 Å². The van der Waals surface area contributed by atoms with Gasteiger partial charge in [0.05, 0.1) is 0 Å². The molecule has 17 heavy (non-hydrogen) atoms. The van der Waals surface area contributed by atoms with Crippen molar-refractivity contribution >= 4 is 22.9 Å². The fourth-order valence-electron chi connectivity index (χ4n) is 1.87. The minimum absolute atomic E-state index is 0.168. The van der Waals surface area contributed by atoms with Crippen LogP contribution in [-0.4, -0.2) is 10.1 Å². The second-order valence-corrected chi connectivity index (χ2v) is 3.77. The molecule has 1 heterocycles. The van der Waals surface area contributed by atoms with Crippen LogP contribution >= 0.6 is 0 Å². The predicted molar refractivity (Wildman–Crippen MR) is 69.3 cm³/mol. The lowest BCUT2D eigenvalue weighted by atomic mass is 10.2. The van der Waals surface area contributed by atoms with Crippen LogP contribution in [0.2, 0.25) is 0 Å². The Bertz CT molecular complexity index is 615. The summed E-state index contributed by atoms with van der Waals surface area (Å²) in [4.78, 5) is 4.47. The van der Waals surface area contributed by atoms with Crippen LogP contribution in [0.4, 0.5) is 0 Å². The molecule has 0 saturated heterocycles. The maximum atomic E-state index is 9.86. The summed E-state index contributed by atoms with van der Waals surface area (Å²) >= 11 is 0. The average molecular weight is 227 g/mol. The molecule has 0 amide bonds. The van der Waals surface area contributed by atoms with Gasteiger partial charge < -0.3 is 5.11 Å². The van der Waals surface area contributed by atoms with Gasteiger partial charge in [0, 0.05) is 12.1 Å². The summed E-state index contributed by atoms with van der Waals surface area (Å²) < 4.78 is 1.98. The molecule has 0 saturated carbocycles. The third kappa shape index (κ3) is 1.80. The molecule has 1 aromatic heterocycles. The maximum Gasteiger partial charge on any atom is 0.234 e. The molecule has 0 bridgehead atoms. The number of benzene rings is 1. The zero-order valence-electron chi connectivity index (χ0n) is 10.0. The highest BCUT2D eigenvalue weighted by molar-refractivity contribution is 5.75. The van der Waals surface area contributed by atoms with Crippen molar-refractivity contribution in [2.24, 2.45) is 7.05 Å². The number of allylic oxidation sites excluding steroid dienone is 1. The monoisotopic (exact) mass is 227 g/mol. The molecule has 0 aliphatic carbocycles. The van der Waals surface area contributed by atoms with Gasteiger partial charge in [-0.1, -0.05) is 18.7 Å². The fraction of sp³-hybridized carbons (Fsp3) is 0.143. The van der Waals surface area contributed by atoms with E-state index in [1.54, 1.807) is 19.1 Å². The number of rotatable bonds is 2. The highest BCUT2D eigenvalue weighted by atomic mass is 16.3. The Morgan fingerprint density at radius 2 is 2.12 bits per heavy atom. The van der Waals surface area contributed by atoms with Crippen molar-refractivity contribution in [1.29, 1.82) is 0 Å². The summed E-state index contributed by atoms with van der Waals surface area (Å²) in [6.07, 6.45) is 3.33. The van der Waals surface area contributed by atoms with Gasteiger partial charge in [0.15, 0.2) is 5.69 Å². The molecule has 0 aliphatic heterocycles. The molecule has 3 heteroatoms. The lowest BCUT2D eigenvalue weighted by Gasteiger charge is -2.05. The molecule has 86 valence electrons. The molecule has 2 rings (SSSR count). The summed E-state index contributed by atoms with van der Waals surface area (Å²) in [7, 11) is 1.94. The number of aliphatic hydroxyl groups is 1. The van der Waals surface area contributed by atoms with E-state index >= 15 is 0 Å². The van der Waals surface area contributed by atoms with Crippen molar-refractivity contribution in [2.45, 2.75) is 6.92 Å². The Morgan fingerprint density at radius 3 is 2.76 bits per heavy atom. The molecule has 0 aliphatic rings. The van der Waals surface area contributed by atoms with E-state index in [2.05, 4.69) is 11.6 Å². The standard InChI is InChI=1S/C14H14N2O/c1-4-11-14(13(17)5-2)15-10-8-6-7-9-12(10)16(11)3/h4-9H,1H2,2-3H3/p+1/b13-5+. The minimum Gasteiger partial charge on any atom is -0.506 e. The van der Waals surface area contributed by atoms with Crippen LogP contribution in [0.15, 0.2) is 36.9 Å². The predicted octanol–water partition coefficient (Wildman–Crippen LogP) is 2.62. The molecule has 1 aromatic carbocycles. The molecule has 3 nitrogen and oxygen atoms in total. The van der Waals surface area contributed by atoms with Gasteiger partial charge >= 0.3 is 0 Å². The molecule has 2 aromatic rings. The number of aromatic nitrogens is 2. The third-order valence-corrected chi connectivity index (χ3v) is 2.79. The highest BCUT2D eigenvalue weighted by Crippen LogP contribution is 2.17. The van der Waals surface area contributed by atoms with Gasteiger partial charge in [-0.2, -0.15) is 4.57 Å². The average Bonchev–Trinajstić information content (AvgIpc) is 2.37. The van der Waals surface area contributed by atoms with E-state index in [1.165, 1.54) is 0 Å². The fourth-order valence-corrected chi connectivity index (χ4v) is 1.87. The van der Waals surface area contributed by atoms with Crippen LogP contribution in [0.3, 0.4) is 0 Å². The zero-order chi connectivity index (χ0) is 12.4. The van der Waals surface area contributed by atoms with Crippen molar-refractivity contribution in [3.63, 3.8) is 0 Å². The van der Waals surface area contributed by atoms with E-state index in [9.17, 15) is 5.11 Å². The number of hydrogen-bond donors (Lipinski definition) is 1. The number of aliphatic hydroxyl groups excluding tert-OH is 1. The first-order valence-electron chi connectivity index (χ1n) is 5.46. The van der Waals surface area contributed by atoms with Gasteiger partial charge in [-0.15, -0.1) is 0 Å². The summed E-state index contributed by atoms with van der Waals surface area (Å²) in [5, 5.41) is 9.86. The summed E-state index contributed by atoms with van der Waals surface area (Å²) in [5.41, 5.74) is 3.22. The van der Waals surface area contributed by atoms with Crippen LogP contribution in [0.5, 0.6) is 0 Å². The summed E-state index contributed by atoms with van der Waals surface area (Å²) in [5.74, 6) is 0.168. The molecular weight excluding hydrogens is 212 g/mol. The van der Waals surface area contributed by atoms with E-state index in [1.807, 2.05) is 35.9 Å². The molecule has 0 radical (unpaired) electrons. The van der Waals surface area contributed by atoms with Gasteiger partial charge in [-0.3, -0.25) is 0 Å². The number of para-hydroxylation sites is 2. The van der Waals surface area contributed by atoms with Crippen molar-refractivity contribution in [1.82, 2.24) is 4.98 Å². The first kappa shape index (κ1) is 11.3. The topological polar surface area (TPSA) is 37.0 Å². The van der Waals surface area contributed by atoms with E-state index in [4.69, 9.17) is 0 Å². The molecular formula is C14H15N2O+. The Labute approximate surface area is 100 Å². The first-order chi connectivity index (χ1) is 8.19. The molecule has 0 unspecified atom stereocenters. The van der Waals surface area contributed by atoms with Gasteiger partial charge in [-0.25, -0.2) is 4.98 Å². The number of nitrogens with zero attached hydrogens (tertiary/aromatic N) is 2.